The van der Waals surface area contributed by atoms with Crippen molar-refractivity contribution in [1.82, 2.24) is 0 Å². The molecule has 1 heterocycles. The van der Waals surface area contributed by atoms with Crippen molar-refractivity contribution in [3.8, 4) is 0 Å². The summed E-state index contributed by atoms with van der Waals surface area (Å²) in [4.78, 5) is 0. The number of hydrogen-bond donors (Lipinski definition) is 2. The number of anilines is 2. The molecule has 24 heavy (non-hydrogen) atoms. The van der Waals surface area contributed by atoms with Crippen molar-refractivity contribution in [2.45, 2.75) is 38.4 Å². The van der Waals surface area contributed by atoms with E-state index >= 15 is 0 Å². The molecular weight excluding hydrogens is 332 g/mol. The lowest BCUT2D eigenvalue weighted by Crippen LogP contribution is -2.38. The molecule has 2 atom stereocenters. The summed E-state index contributed by atoms with van der Waals surface area (Å²) in [5.74, 6) is 2.39. The third kappa shape index (κ3) is 3.86. The van der Waals surface area contributed by atoms with E-state index in [1.807, 2.05) is 23.5 Å². The van der Waals surface area contributed by atoms with Crippen molar-refractivity contribution in [3.63, 3.8) is 0 Å². The number of thioether (sulfide) groups is 2. The zero-order valence-electron chi connectivity index (χ0n) is 14.8. The van der Waals surface area contributed by atoms with Crippen molar-refractivity contribution in [3.05, 3.63) is 58.7 Å². The van der Waals surface area contributed by atoms with Crippen LogP contribution in [0.4, 0.5) is 11.4 Å². The second-order valence-electron chi connectivity index (χ2n) is 6.41. The fourth-order valence-corrected chi connectivity index (χ4v) is 5.77. The summed E-state index contributed by atoms with van der Waals surface area (Å²) in [5, 5.41) is 8.34. The minimum atomic E-state index is 0.363. The Morgan fingerprint density at radius 2 is 1.00 bits per heavy atom. The second-order valence-corrected chi connectivity index (χ2v) is 8.90. The standard InChI is InChI=1S/C20H26N2S2/c1-13-7-5-8-14(2)17(13)21-19-20(24-12-11-23-19)22-18-15(3)9-6-10-16(18)4/h5-10,19-22H,11-12H2,1-4H3. The largest absolute Gasteiger partial charge is 0.370 e. The predicted octanol–water partition coefficient (Wildman–Crippen LogP) is 5.58. The molecule has 0 aliphatic carbocycles. The number of nitrogens with one attached hydrogen (secondary N) is 2. The fraction of sp³-hybridized carbons (Fsp3) is 0.400. The molecule has 1 saturated heterocycles. The van der Waals surface area contributed by atoms with E-state index in [0.29, 0.717) is 10.7 Å². The van der Waals surface area contributed by atoms with Gasteiger partial charge in [0.05, 0.1) is 0 Å². The van der Waals surface area contributed by atoms with E-state index in [2.05, 4.69) is 74.7 Å². The van der Waals surface area contributed by atoms with Crippen LogP contribution < -0.4 is 10.6 Å². The van der Waals surface area contributed by atoms with Gasteiger partial charge in [-0.15, -0.1) is 23.5 Å². The third-order valence-electron chi connectivity index (χ3n) is 4.49. The Kier molecular flexibility index (Phi) is 5.67. The maximum atomic E-state index is 3.81. The van der Waals surface area contributed by atoms with Crippen LogP contribution in [0.5, 0.6) is 0 Å². The van der Waals surface area contributed by atoms with Crippen molar-refractivity contribution < 1.29 is 0 Å². The van der Waals surface area contributed by atoms with Gasteiger partial charge in [-0.2, -0.15) is 0 Å². The minimum absolute atomic E-state index is 0.363. The summed E-state index contributed by atoms with van der Waals surface area (Å²) in [7, 11) is 0. The Morgan fingerprint density at radius 3 is 1.33 bits per heavy atom. The van der Waals surface area contributed by atoms with Crippen LogP contribution in [0.2, 0.25) is 0 Å². The van der Waals surface area contributed by atoms with Crippen molar-refractivity contribution in [1.29, 1.82) is 0 Å². The first-order valence-corrected chi connectivity index (χ1v) is 10.5. The molecule has 0 amide bonds. The molecule has 1 fully saturated rings. The lowest BCUT2D eigenvalue weighted by molar-refractivity contribution is 0.934. The lowest BCUT2D eigenvalue weighted by atomic mass is 10.1. The van der Waals surface area contributed by atoms with E-state index in [-0.39, 0.29) is 0 Å². The van der Waals surface area contributed by atoms with Crippen LogP contribution in [0.1, 0.15) is 22.3 Å². The molecule has 0 spiro atoms. The Hall–Kier alpha value is -1.26. The zero-order valence-corrected chi connectivity index (χ0v) is 16.5. The average Bonchev–Trinajstić information content (AvgIpc) is 2.56. The number of para-hydroxylation sites is 2. The molecule has 4 heteroatoms. The smallest absolute Gasteiger partial charge is 0.102 e. The average molecular weight is 359 g/mol. The molecule has 0 saturated carbocycles. The summed E-state index contributed by atoms with van der Waals surface area (Å²) >= 11 is 4.04. The number of hydrogen-bond acceptors (Lipinski definition) is 4. The molecule has 1 aliphatic rings. The number of rotatable bonds is 4. The molecule has 3 rings (SSSR count). The summed E-state index contributed by atoms with van der Waals surface area (Å²) in [6.07, 6.45) is 0. The van der Waals surface area contributed by atoms with E-state index in [1.165, 1.54) is 45.1 Å². The van der Waals surface area contributed by atoms with Gasteiger partial charge < -0.3 is 10.6 Å². The van der Waals surface area contributed by atoms with E-state index in [4.69, 9.17) is 0 Å². The van der Waals surface area contributed by atoms with Gasteiger partial charge >= 0.3 is 0 Å². The number of benzene rings is 2. The molecule has 2 aromatic rings. The molecule has 2 nitrogen and oxygen atoms in total. The maximum Gasteiger partial charge on any atom is 0.102 e. The Bertz CT molecular complexity index is 613. The fourth-order valence-electron chi connectivity index (χ4n) is 3.13. The molecule has 2 N–H and O–H groups in total. The highest BCUT2D eigenvalue weighted by molar-refractivity contribution is 8.07. The molecule has 2 unspecified atom stereocenters. The Morgan fingerprint density at radius 1 is 0.667 bits per heavy atom. The first kappa shape index (κ1) is 17.6. The molecule has 0 bridgehead atoms. The summed E-state index contributed by atoms with van der Waals surface area (Å²) in [6, 6.07) is 13.0. The quantitative estimate of drug-likeness (QED) is 0.745. The van der Waals surface area contributed by atoms with Crippen molar-refractivity contribution in [2.24, 2.45) is 0 Å². The van der Waals surface area contributed by atoms with Crippen LogP contribution in [0, 0.1) is 27.7 Å². The SMILES string of the molecule is Cc1cccc(C)c1NC1SCCSC1Nc1c(C)cccc1C. The molecular formula is C20H26N2S2. The summed E-state index contributed by atoms with van der Waals surface area (Å²) in [5.41, 5.74) is 7.83. The van der Waals surface area contributed by atoms with Gasteiger partial charge in [0.2, 0.25) is 0 Å². The van der Waals surface area contributed by atoms with Crippen LogP contribution >= 0.6 is 23.5 Å². The molecule has 128 valence electrons. The van der Waals surface area contributed by atoms with E-state index in [1.54, 1.807) is 0 Å². The normalized spacial score (nSPS) is 20.7. The minimum Gasteiger partial charge on any atom is -0.370 e. The molecule has 2 aromatic carbocycles. The van der Waals surface area contributed by atoms with Crippen LogP contribution in [-0.4, -0.2) is 22.3 Å². The van der Waals surface area contributed by atoms with Gasteiger partial charge in [0, 0.05) is 22.9 Å². The first-order valence-electron chi connectivity index (χ1n) is 8.45. The van der Waals surface area contributed by atoms with Crippen molar-refractivity contribution in [2.75, 3.05) is 22.1 Å². The predicted molar refractivity (Wildman–Crippen MR) is 112 cm³/mol. The highest BCUT2D eigenvalue weighted by Crippen LogP contribution is 2.35. The second kappa shape index (κ2) is 7.75. The van der Waals surface area contributed by atoms with Crippen LogP contribution in [0.3, 0.4) is 0 Å². The van der Waals surface area contributed by atoms with Gasteiger partial charge in [-0.05, 0) is 49.9 Å². The van der Waals surface area contributed by atoms with Gasteiger partial charge in [0.15, 0.2) is 0 Å². The first-order chi connectivity index (χ1) is 11.6. The maximum absolute atomic E-state index is 3.81. The van der Waals surface area contributed by atoms with Crippen molar-refractivity contribution >= 4 is 34.9 Å². The van der Waals surface area contributed by atoms with Crippen LogP contribution in [0.15, 0.2) is 36.4 Å². The van der Waals surface area contributed by atoms with E-state index in [0.717, 1.165) is 0 Å². The zero-order chi connectivity index (χ0) is 17.1. The van der Waals surface area contributed by atoms with Gasteiger partial charge in [-0.1, -0.05) is 36.4 Å². The monoisotopic (exact) mass is 358 g/mol. The third-order valence-corrected chi connectivity index (χ3v) is 7.30. The highest BCUT2D eigenvalue weighted by atomic mass is 32.2. The molecule has 0 aromatic heterocycles. The Balaban J connectivity index is 1.81. The topological polar surface area (TPSA) is 24.1 Å². The van der Waals surface area contributed by atoms with Gasteiger partial charge in [-0.25, -0.2) is 0 Å². The summed E-state index contributed by atoms with van der Waals surface area (Å²) in [6.45, 7) is 8.74. The number of aryl methyl sites for hydroxylation is 4. The van der Waals surface area contributed by atoms with Crippen LogP contribution in [0.25, 0.3) is 0 Å². The summed E-state index contributed by atoms with van der Waals surface area (Å²) < 4.78 is 0. The van der Waals surface area contributed by atoms with Gasteiger partial charge in [-0.3, -0.25) is 0 Å². The highest BCUT2D eigenvalue weighted by Gasteiger charge is 2.27. The molecule has 1 aliphatic heterocycles. The van der Waals surface area contributed by atoms with Gasteiger partial charge in [0.25, 0.3) is 0 Å². The van der Waals surface area contributed by atoms with Gasteiger partial charge in [0.1, 0.15) is 10.7 Å². The van der Waals surface area contributed by atoms with Crippen LogP contribution in [-0.2, 0) is 0 Å². The van der Waals surface area contributed by atoms with E-state index in [9.17, 15) is 0 Å². The molecule has 0 radical (unpaired) electrons. The Labute approximate surface area is 154 Å². The lowest BCUT2D eigenvalue weighted by Gasteiger charge is -2.34. The van der Waals surface area contributed by atoms with E-state index < -0.39 is 0 Å².